The van der Waals surface area contributed by atoms with Gasteiger partial charge in [-0.15, -0.1) is 0 Å². The lowest BCUT2D eigenvalue weighted by Crippen LogP contribution is -2.27. The van der Waals surface area contributed by atoms with E-state index in [1.165, 1.54) is 26.2 Å². The average Bonchev–Trinajstić information content (AvgIpc) is 2.77. The van der Waals surface area contributed by atoms with Gasteiger partial charge in [-0.25, -0.2) is 0 Å². The Bertz CT molecular complexity index is 152. The predicted molar refractivity (Wildman–Crippen MR) is 37.2 cm³/mol. The molecule has 0 amide bonds. The van der Waals surface area contributed by atoms with Crippen molar-refractivity contribution in [1.29, 1.82) is 5.26 Å². The van der Waals surface area contributed by atoms with Crippen LogP contribution in [-0.4, -0.2) is 42.1 Å². The highest BCUT2D eigenvalue weighted by Crippen LogP contribution is 2.22. The molecule has 0 aromatic rings. The quantitative estimate of drug-likeness (QED) is 0.507. The maximum absolute atomic E-state index is 8.49. The molecule has 0 aliphatic carbocycles. The average molecular weight is 137 g/mol. The highest BCUT2D eigenvalue weighted by Gasteiger charge is 2.36. The summed E-state index contributed by atoms with van der Waals surface area (Å²) >= 11 is 0. The van der Waals surface area contributed by atoms with Gasteiger partial charge in [0.25, 0.3) is 0 Å². The Morgan fingerprint density at radius 2 is 1.70 bits per heavy atom. The largest absolute Gasteiger partial charge is 0.284 e. The minimum absolute atomic E-state index is 0.463. The topological polar surface area (TPSA) is 29.8 Å². The first-order valence-electron chi connectivity index (χ1n) is 3.77. The van der Waals surface area contributed by atoms with E-state index in [4.69, 9.17) is 5.26 Å². The van der Waals surface area contributed by atoms with Gasteiger partial charge >= 0.3 is 0 Å². The Morgan fingerprint density at radius 1 is 1.20 bits per heavy atom. The summed E-state index contributed by atoms with van der Waals surface area (Å²) in [5.41, 5.74) is 0. The van der Waals surface area contributed by atoms with E-state index >= 15 is 0 Å². The third-order valence-electron chi connectivity index (χ3n) is 2.08. The van der Waals surface area contributed by atoms with Crippen LogP contribution in [-0.2, 0) is 0 Å². The molecule has 0 N–H and O–H groups in total. The van der Waals surface area contributed by atoms with Crippen LogP contribution in [0.4, 0.5) is 0 Å². The second kappa shape index (κ2) is 2.22. The molecular weight excluding hydrogens is 126 g/mol. The molecule has 2 aliphatic heterocycles. The van der Waals surface area contributed by atoms with Gasteiger partial charge in [0.2, 0.25) is 0 Å². The van der Waals surface area contributed by atoms with Crippen LogP contribution in [0.3, 0.4) is 0 Å². The third-order valence-corrected chi connectivity index (χ3v) is 2.08. The SMILES string of the molecule is N#CCC(N1CC1)N1CC1. The number of rotatable bonds is 3. The normalized spacial score (nSPS) is 24.8. The number of hydrogen-bond donors (Lipinski definition) is 0. The number of hydrogen-bond acceptors (Lipinski definition) is 3. The van der Waals surface area contributed by atoms with E-state index in [-0.39, 0.29) is 0 Å². The maximum atomic E-state index is 8.49. The van der Waals surface area contributed by atoms with Crippen molar-refractivity contribution in [3.05, 3.63) is 0 Å². The molecule has 0 aromatic carbocycles. The zero-order chi connectivity index (χ0) is 6.97. The summed E-state index contributed by atoms with van der Waals surface area (Å²) in [6.45, 7) is 4.79. The van der Waals surface area contributed by atoms with E-state index in [2.05, 4.69) is 15.9 Å². The summed E-state index contributed by atoms with van der Waals surface area (Å²) in [6.07, 6.45) is 1.14. The monoisotopic (exact) mass is 137 g/mol. The molecule has 54 valence electrons. The lowest BCUT2D eigenvalue weighted by atomic mass is 10.3. The van der Waals surface area contributed by atoms with Gasteiger partial charge in [-0.05, 0) is 0 Å². The summed E-state index contributed by atoms with van der Waals surface area (Å²) in [5.74, 6) is 0. The van der Waals surface area contributed by atoms with Crippen LogP contribution >= 0.6 is 0 Å². The summed E-state index contributed by atoms with van der Waals surface area (Å²) in [5, 5.41) is 8.49. The molecule has 3 heteroatoms. The molecule has 0 unspecified atom stereocenters. The second-order valence-electron chi connectivity index (χ2n) is 2.91. The first-order chi connectivity index (χ1) is 4.92. The molecule has 0 aromatic heterocycles. The van der Waals surface area contributed by atoms with Gasteiger partial charge in [-0.1, -0.05) is 0 Å². The first-order valence-corrected chi connectivity index (χ1v) is 3.77. The fourth-order valence-corrected chi connectivity index (χ4v) is 1.28. The van der Waals surface area contributed by atoms with Crippen LogP contribution in [0.2, 0.25) is 0 Å². The lowest BCUT2D eigenvalue weighted by molar-refractivity contribution is 0.253. The molecule has 0 saturated carbocycles. The summed E-state index contributed by atoms with van der Waals surface area (Å²) in [7, 11) is 0. The molecule has 0 radical (unpaired) electrons. The zero-order valence-electron chi connectivity index (χ0n) is 5.95. The van der Waals surface area contributed by atoms with Crippen molar-refractivity contribution in [2.45, 2.75) is 12.6 Å². The van der Waals surface area contributed by atoms with Gasteiger partial charge in [0.15, 0.2) is 0 Å². The van der Waals surface area contributed by atoms with E-state index in [1.807, 2.05) is 0 Å². The minimum atomic E-state index is 0.463. The van der Waals surface area contributed by atoms with Crippen LogP contribution in [0, 0.1) is 11.3 Å². The van der Waals surface area contributed by atoms with E-state index in [0.717, 1.165) is 0 Å². The molecular formula is C7H11N3. The van der Waals surface area contributed by atoms with Crippen molar-refractivity contribution in [3.8, 4) is 6.07 Å². The summed E-state index contributed by atoms with van der Waals surface area (Å²) < 4.78 is 0. The molecule has 2 fully saturated rings. The standard InChI is InChI=1S/C7H11N3/c8-2-1-7(9-3-4-9)10-5-6-10/h7H,1,3-6H2. The van der Waals surface area contributed by atoms with Crippen LogP contribution in [0.15, 0.2) is 0 Å². The second-order valence-corrected chi connectivity index (χ2v) is 2.91. The smallest absolute Gasteiger partial charge is 0.0757 e. The molecule has 2 rings (SSSR count). The van der Waals surface area contributed by atoms with Crippen molar-refractivity contribution >= 4 is 0 Å². The van der Waals surface area contributed by atoms with Gasteiger partial charge in [0.05, 0.1) is 18.7 Å². The zero-order valence-corrected chi connectivity index (χ0v) is 5.95. The molecule has 2 aliphatic rings. The summed E-state index contributed by atoms with van der Waals surface area (Å²) in [4.78, 5) is 4.69. The van der Waals surface area contributed by atoms with Crippen molar-refractivity contribution in [2.24, 2.45) is 0 Å². The highest BCUT2D eigenvalue weighted by molar-refractivity contribution is 4.93. The van der Waals surface area contributed by atoms with Crippen LogP contribution < -0.4 is 0 Å². The molecule has 0 atom stereocenters. The molecule has 2 heterocycles. The molecule has 0 spiro atoms. The van der Waals surface area contributed by atoms with Gasteiger partial charge in [-0.3, -0.25) is 9.80 Å². The van der Waals surface area contributed by atoms with Crippen molar-refractivity contribution in [3.63, 3.8) is 0 Å². The van der Waals surface area contributed by atoms with Gasteiger partial charge < -0.3 is 0 Å². The van der Waals surface area contributed by atoms with Crippen LogP contribution in [0.5, 0.6) is 0 Å². The molecule has 10 heavy (non-hydrogen) atoms. The van der Waals surface area contributed by atoms with E-state index in [1.54, 1.807) is 0 Å². The Hall–Kier alpha value is -0.590. The van der Waals surface area contributed by atoms with Crippen molar-refractivity contribution in [2.75, 3.05) is 26.2 Å². The summed E-state index contributed by atoms with van der Waals surface area (Å²) in [6, 6.07) is 2.23. The Kier molecular flexibility index (Phi) is 1.37. The van der Waals surface area contributed by atoms with Gasteiger partial charge in [0.1, 0.15) is 0 Å². The predicted octanol–water partition coefficient (Wildman–Crippen LogP) is -0.143. The molecule has 0 bridgehead atoms. The van der Waals surface area contributed by atoms with Crippen LogP contribution in [0.1, 0.15) is 6.42 Å². The first kappa shape index (κ1) is 6.14. The number of nitrogens with zero attached hydrogens (tertiary/aromatic N) is 3. The fraction of sp³-hybridized carbons (Fsp3) is 0.857. The lowest BCUT2D eigenvalue weighted by Gasteiger charge is -2.14. The fourth-order valence-electron chi connectivity index (χ4n) is 1.28. The van der Waals surface area contributed by atoms with E-state index in [0.29, 0.717) is 12.6 Å². The van der Waals surface area contributed by atoms with E-state index in [9.17, 15) is 0 Å². The Balaban J connectivity index is 1.87. The van der Waals surface area contributed by atoms with Crippen LogP contribution in [0.25, 0.3) is 0 Å². The van der Waals surface area contributed by atoms with Crippen molar-refractivity contribution in [1.82, 2.24) is 9.80 Å². The minimum Gasteiger partial charge on any atom is -0.284 e. The van der Waals surface area contributed by atoms with Crippen molar-refractivity contribution < 1.29 is 0 Å². The molecule has 2 saturated heterocycles. The molecule has 3 nitrogen and oxygen atoms in total. The maximum Gasteiger partial charge on any atom is 0.0757 e. The van der Waals surface area contributed by atoms with Gasteiger partial charge in [-0.2, -0.15) is 5.26 Å². The third kappa shape index (κ3) is 1.13. The highest BCUT2D eigenvalue weighted by atomic mass is 15.5. The Morgan fingerprint density at radius 3 is 2.00 bits per heavy atom. The number of nitriles is 1. The van der Waals surface area contributed by atoms with Gasteiger partial charge in [0, 0.05) is 26.2 Å². The van der Waals surface area contributed by atoms with E-state index < -0.39 is 0 Å². The Labute approximate surface area is 60.8 Å².